The SMILES string of the molecule is CC.CCN(CC)Cc1cc(C)ccn1. The molecule has 15 heavy (non-hydrogen) atoms. The molecule has 1 heterocycles. The predicted molar refractivity (Wildman–Crippen MR) is 66.9 cm³/mol. The molecule has 2 heteroatoms. The van der Waals surface area contributed by atoms with E-state index >= 15 is 0 Å². The molecule has 0 amide bonds. The van der Waals surface area contributed by atoms with Crippen LogP contribution in [0.3, 0.4) is 0 Å². The van der Waals surface area contributed by atoms with Gasteiger partial charge in [0.1, 0.15) is 0 Å². The van der Waals surface area contributed by atoms with Crippen molar-refractivity contribution >= 4 is 0 Å². The average molecular weight is 208 g/mol. The minimum Gasteiger partial charge on any atom is -0.298 e. The standard InChI is InChI=1S/C11H18N2.C2H6/c1-4-13(5-2)9-11-8-10(3)6-7-12-11;1-2/h6-8H,4-5,9H2,1-3H3;1-2H3. The Labute approximate surface area is 94.3 Å². The summed E-state index contributed by atoms with van der Waals surface area (Å²) in [6.07, 6.45) is 1.88. The van der Waals surface area contributed by atoms with E-state index in [0.29, 0.717) is 0 Å². The van der Waals surface area contributed by atoms with Gasteiger partial charge in [-0.1, -0.05) is 27.7 Å². The van der Waals surface area contributed by atoms with E-state index in [1.165, 1.54) is 11.3 Å². The van der Waals surface area contributed by atoms with Crippen molar-refractivity contribution in [2.75, 3.05) is 13.1 Å². The largest absolute Gasteiger partial charge is 0.298 e. The van der Waals surface area contributed by atoms with Crippen LogP contribution >= 0.6 is 0 Å². The number of hydrogen-bond acceptors (Lipinski definition) is 2. The lowest BCUT2D eigenvalue weighted by Gasteiger charge is -2.17. The zero-order valence-electron chi connectivity index (χ0n) is 10.7. The second kappa shape index (κ2) is 8.42. The van der Waals surface area contributed by atoms with Crippen LogP contribution in [0, 0.1) is 6.92 Å². The molecule has 86 valence electrons. The maximum absolute atomic E-state index is 4.33. The van der Waals surface area contributed by atoms with Crippen LogP contribution in [-0.4, -0.2) is 23.0 Å². The molecule has 2 nitrogen and oxygen atoms in total. The summed E-state index contributed by atoms with van der Waals surface area (Å²) >= 11 is 0. The van der Waals surface area contributed by atoms with Crippen LogP contribution in [0.5, 0.6) is 0 Å². The molecule has 0 aliphatic carbocycles. The lowest BCUT2D eigenvalue weighted by atomic mass is 10.2. The van der Waals surface area contributed by atoms with Crippen LogP contribution < -0.4 is 0 Å². The van der Waals surface area contributed by atoms with Crippen molar-refractivity contribution in [2.24, 2.45) is 0 Å². The summed E-state index contributed by atoms with van der Waals surface area (Å²) in [4.78, 5) is 6.70. The molecule has 0 atom stereocenters. The minimum atomic E-state index is 0.967. The zero-order chi connectivity index (χ0) is 11.7. The van der Waals surface area contributed by atoms with Crippen LogP contribution in [0.15, 0.2) is 18.3 Å². The van der Waals surface area contributed by atoms with Gasteiger partial charge in [0.05, 0.1) is 5.69 Å². The second-order valence-electron chi connectivity index (χ2n) is 3.29. The maximum atomic E-state index is 4.33. The molecule has 0 saturated carbocycles. The van der Waals surface area contributed by atoms with Crippen LogP contribution in [-0.2, 0) is 6.54 Å². The van der Waals surface area contributed by atoms with Crippen LogP contribution in [0.25, 0.3) is 0 Å². The summed E-state index contributed by atoms with van der Waals surface area (Å²) < 4.78 is 0. The van der Waals surface area contributed by atoms with Gasteiger partial charge in [-0.05, 0) is 37.7 Å². The third kappa shape index (κ3) is 5.53. The maximum Gasteiger partial charge on any atom is 0.0546 e. The number of rotatable bonds is 4. The van der Waals surface area contributed by atoms with E-state index in [-0.39, 0.29) is 0 Å². The van der Waals surface area contributed by atoms with E-state index in [1.54, 1.807) is 0 Å². The molecule has 0 N–H and O–H groups in total. The van der Waals surface area contributed by atoms with Gasteiger partial charge in [-0.3, -0.25) is 9.88 Å². The Hall–Kier alpha value is -0.890. The van der Waals surface area contributed by atoms with Gasteiger partial charge in [-0.25, -0.2) is 0 Å². The topological polar surface area (TPSA) is 16.1 Å². The van der Waals surface area contributed by atoms with Crippen LogP contribution in [0.2, 0.25) is 0 Å². The summed E-state index contributed by atoms with van der Waals surface area (Å²) in [5.74, 6) is 0. The molecule has 0 aliphatic heterocycles. The number of hydrogen-bond donors (Lipinski definition) is 0. The van der Waals surface area contributed by atoms with Crippen molar-refractivity contribution in [1.29, 1.82) is 0 Å². The number of nitrogens with zero attached hydrogens (tertiary/aromatic N) is 2. The van der Waals surface area contributed by atoms with Gasteiger partial charge < -0.3 is 0 Å². The van der Waals surface area contributed by atoms with Gasteiger partial charge in [-0.15, -0.1) is 0 Å². The average Bonchev–Trinajstić information content (AvgIpc) is 2.29. The summed E-state index contributed by atoms with van der Waals surface area (Å²) in [6, 6.07) is 4.18. The Bertz CT molecular complexity index is 254. The van der Waals surface area contributed by atoms with Crippen molar-refractivity contribution in [3.05, 3.63) is 29.6 Å². The Kier molecular flexibility index (Phi) is 7.92. The molecule has 0 aliphatic rings. The van der Waals surface area contributed by atoms with Crippen molar-refractivity contribution in [1.82, 2.24) is 9.88 Å². The van der Waals surface area contributed by atoms with Gasteiger partial charge in [0.15, 0.2) is 0 Å². The molecule has 0 spiro atoms. The van der Waals surface area contributed by atoms with Gasteiger partial charge in [0.2, 0.25) is 0 Å². The van der Waals surface area contributed by atoms with E-state index in [9.17, 15) is 0 Å². The monoisotopic (exact) mass is 208 g/mol. The van der Waals surface area contributed by atoms with E-state index in [0.717, 1.165) is 19.6 Å². The number of pyridine rings is 1. The highest BCUT2D eigenvalue weighted by Crippen LogP contribution is 2.03. The van der Waals surface area contributed by atoms with E-state index in [4.69, 9.17) is 0 Å². The fourth-order valence-electron chi connectivity index (χ4n) is 1.36. The van der Waals surface area contributed by atoms with Crippen LogP contribution in [0.4, 0.5) is 0 Å². The minimum absolute atomic E-state index is 0.967. The van der Waals surface area contributed by atoms with Gasteiger partial charge in [0.25, 0.3) is 0 Å². The lowest BCUT2D eigenvalue weighted by Crippen LogP contribution is -2.22. The molecule has 0 aromatic carbocycles. The van der Waals surface area contributed by atoms with Crippen molar-refractivity contribution in [2.45, 2.75) is 41.2 Å². The Morgan fingerprint density at radius 2 is 1.80 bits per heavy atom. The number of aromatic nitrogens is 1. The third-order valence-electron chi connectivity index (χ3n) is 2.25. The van der Waals surface area contributed by atoms with Crippen molar-refractivity contribution < 1.29 is 0 Å². The third-order valence-corrected chi connectivity index (χ3v) is 2.25. The Morgan fingerprint density at radius 1 is 1.20 bits per heavy atom. The first-order chi connectivity index (χ1) is 7.26. The molecule has 1 aromatic rings. The fourth-order valence-corrected chi connectivity index (χ4v) is 1.36. The first-order valence-electron chi connectivity index (χ1n) is 5.90. The summed E-state index contributed by atoms with van der Waals surface area (Å²) in [5.41, 5.74) is 2.46. The molecule has 0 bridgehead atoms. The quantitative estimate of drug-likeness (QED) is 0.755. The van der Waals surface area contributed by atoms with Gasteiger partial charge in [-0.2, -0.15) is 0 Å². The molecular weight excluding hydrogens is 184 g/mol. The molecule has 0 radical (unpaired) electrons. The fraction of sp³-hybridized carbons (Fsp3) is 0.615. The first-order valence-corrected chi connectivity index (χ1v) is 5.90. The van der Waals surface area contributed by atoms with Crippen molar-refractivity contribution in [3.8, 4) is 0 Å². The first kappa shape index (κ1) is 14.1. The number of aryl methyl sites for hydroxylation is 1. The Morgan fingerprint density at radius 3 is 2.27 bits per heavy atom. The molecule has 1 aromatic heterocycles. The molecule has 0 unspecified atom stereocenters. The van der Waals surface area contributed by atoms with E-state index < -0.39 is 0 Å². The van der Waals surface area contributed by atoms with Gasteiger partial charge in [0, 0.05) is 12.7 Å². The molecule has 1 rings (SSSR count). The second-order valence-corrected chi connectivity index (χ2v) is 3.29. The smallest absolute Gasteiger partial charge is 0.0546 e. The summed E-state index contributed by atoms with van der Waals surface area (Å²) in [5, 5.41) is 0. The summed E-state index contributed by atoms with van der Waals surface area (Å²) in [6.45, 7) is 13.6. The molecule has 0 saturated heterocycles. The normalized spacial score (nSPS) is 9.73. The molecular formula is C13H24N2. The predicted octanol–water partition coefficient (Wildman–Crippen LogP) is 3.26. The Balaban J connectivity index is 0.000000921. The van der Waals surface area contributed by atoms with Crippen molar-refractivity contribution in [3.63, 3.8) is 0 Å². The van der Waals surface area contributed by atoms with Crippen LogP contribution in [0.1, 0.15) is 39.0 Å². The highest BCUT2D eigenvalue weighted by Gasteiger charge is 2.01. The summed E-state index contributed by atoms with van der Waals surface area (Å²) in [7, 11) is 0. The van der Waals surface area contributed by atoms with E-state index in [1.807, 2.05) is 26.1 Å². The lowest BCUT2D eigenvalue weighted by molar-refractivity contribution is 0.292. The zero-order valence-corrected chi connectivity index (χ0v) is 10.7. The highest BCUT2D eigenvalue weighted by atomic mass is 15.1. The van der Waals surface area contributed by atoms with E-state index in [2.05, 4.69) is 36.7 Å². The molecule has 0 fully saturated rings. The van der Waals surface area contributed by atoms with Gasteiger partial charge >= 0.3 is 0 Å². The highest BCUT2D eigenvalue weighted by molar-refractivity contribution is 5.14.